The van der Waals surface area contributed by atoms with Crippen LogP contribution < -0.4 is 10.6 Å². The fraction of sp³-hybridized carbons (Fsp3) is 0.500. The molecule has 1 unspecified atom stereocenters. The van der Waals surface area contributed by atoms with E-state index in [1.54, 1.807) is 6.20 Å². The van der Waals surface area contributed by atoms with Crippen molar-refractivity contribution in [3.8, 4) is 0 Å². The molecule has 0 aliphatic carbocycles. The molecule has 1 aromatic heterocycles. The lowest BCUT2D eigenvalue weighted by molar-refractivity contribution is -0.118. The van der Waals surface area contributed by atoms with Crippen molar-refractivity contribution < 1.29 is 4.79 Å². The Hall–Kier alpha value is -1.58. The Bertz CT molecular complexity index is 353. The van der Waals surface area contributed by atoms with Crippen LogP contribution in [0.4, 0.5) is 5.82 Å². The number of anilines is 1. The Morgan fingerprint density at radius 2 is 2.44 bits per heavy atom. The molecule has 1 aromatic rings. The first kappa shape index (κ1) is 10.9. The molecular weight excluding hydrogens is 202 g/mol. The predicted octanol–water partition coefficient (Wildman–Crippen LogP) is 1.17. The molecular formula is C12H17N3O. The average Bonchev–Trinajstić information content (AvgIpc) is 2.30. The van der Waals surface area contributed by atoms with Crippen molar-refractivity contribution in [2.45, 2.75) is 19.3 Å². The standard InChI is InChI=1S/C12H17N3O/c13-11(16)8-10-4-3-7-15(9-10)12-5-1-2-6-14-12/h1-2,5-6,10H,3-4,7-9H2,(H2,13,16). The lowest BCUT2D eigenvalue weighted by Crippen LogP contribution is -2.37. The first-order valence-electron chi connectivity index (χ1n) is 5.70. The Morgan fingerprint density at radius 3 is 3.12 bits per heavy atom. The highest BCUT2D eigenvalue weighted by atomic mass is 16.1. The van der Waals surface area contributed by atoms with E-state index in [4.69, 9.17) is 5.73 Å². The van der Waals surface area contributed by atoms with Crippen LogP contribution in [0.3, 0.4) is 0 Å². The van der Waals surface area contributed by atoms with E-state index in [9.17, 15) is 4.79 Å². The lowest BCUT2D eigenvalue weighted by atomic mass is 9.94. The van der Waals surface area contributed by atoms with E-state index in [0.29, 0.717) is 12.3 Å². The first-order valence-corrected chi connectivity index (χ1v) is 5.70. The van der Waals surface area contributed by atoms with Gasteiger partial charge in [-0.3, -0.25) is 4.79 Å². The second-order valence-electron chi connectivity index (χ2n) is 4.31. The van der Waals surface area contributed by atoms with Crippen molar-refractivity contribution >= 4 is 11.7 Å². The molecule has 16 heavy (non-hydrogen) atoms. The topological polar surface area (TPSA) is 59.2 Å². The third-order valence-electron chi connectivity index (χ3n) is 2.98. The van der Waals surface area contributed by atoms with Gasteiger partial charge in [-0.15, -0.1) is 0 Å². The van der Waals surface area contributed by atoms with Crippen molar-refractivity contribution in [1.29, 1.82) is 0 Å². The summed E-state index contributed by atoms with van der Waals surface area (Å²) in [6, 6.07) is 5.90. The summed E-state index contributed by atoms with van der Waals surface area (Å²) in [7, 11) is 0. The molecule has 4 nitrogen and oxygen atoms in total. The van der Waals surface area contributed by atoms with Gasteiger partial charge in [0.05, 0.1) is 0 Å². The number of aromatic nitrogens is 1. The molecule has 4 heteroatoms. The van der Waals surface area contributed by atoms with Gasteiger partial charge in [0, 0.05) is 25.7 Å². The summed E-state index contributed by atoms with van der Waals surface area (Å²) in [4.78, 5) is 17.5. The highest BCUT2D eigenvalue weighted by Crippen LogP contribution is 2.22. The summed E-state index contributed by atoms with van der Waals surface area (Å²) < 4.78 is 0. The molecule has 2 heterocycles. The van der Waals surface area contributed by atoms with E-state index in [-0.39, 0.29) is 5.91 Å². The minimum atomic E-state index is -0.201. The number of hydrogen-bond acceptors (Lipinski definition) is 3. The van der Waals surface area contributed by atoms with Crippen molar-refractivity contribution in [2.24, 2.45) is 11.7 Å². The second kappa shape index (κ2) is 4.96. The molecule has 1 aliphatic rings. The minimum Gasteiger partial charge on any atom is -0.370 e. The van der Waals surface area contributed by atoms with Crippen LogP contribution >= 0.6 is 0 Å². The van der Waals surface area contributed by atoms with Gasteiger partial charge in [0.2, 0.25) is 5.91 Å². The molecule has 1 aliphatic heterocycles. The summed E-state index contributed by atoms with van der Waals surface area (Å²) in [5, 5.41) is 0. The number of amides is 1. The number of carbonyl (C=O) groups excluding carboxylic acids is 1. The summed E-state index contributed by atoms with van der Waals surface area (Å²) in [5.41, 5.74) is 5.23. The van der Waals surface area contributed by atoms with Gasteiger partial charge in [0.1, 0.15) is 5.82 Å². The molecule has 0 aromatic carbocycles. The number of nitrogens with two attached hydrogens (primary N) is 1. The molecule has 0 saturated carbocycles. The van der Waals surface area contributed by atoms with Crippen LogP contribution in [0.1, 0.15) is 19.3 Å². The maximum absolute atomic E-state index is 10.9. The largest absolute Gasteiger partial charge is 0.370 e. The normalized spacial score (nSPS) is 20.8. The van der Waals surface area contributed by atoms with Crippen LogP contribution in [0.15, 0.2) is 24.4 Å². The number of rotatable bonds is 3. The number of hydrogen-bond donors (Lipinski definition) is 1. The van der Waals surface area contributed by atoms with Gasteiger partial charge in [-0.1, -0.05) is 6.07 Å². The zero-order valence-electron chi connectivity index (χ0n) is 9.30. The van der Waals surface area contributed by atoms with Crippen molar-refractivity contribution in [2.75, 3.05) is 18.0 Å². The number of primary amides is 1. The van der Waals surface area contributed by atoms with E-state index in [0.717, 1.165) is 31.7 Å². The van der Waals surface area contributed by atoms with E-state index < -0.39 is 0 Å². The van der Waals surface area contributed by atoms with Crippen LogP contribution in [-0.2, 0) is 4.79 Å². The van der Waals surface area contributed by atoms with Crippen LogP contribution in [0, 0.1) is 5.92 Å². The highest BCUT2D eigenvalue weighted by molar-refractivity contribution is 5.74. The van der Waals surface area contributed by atoms with Crippen LogP contribution in [0.5, 0.6) is 0 Å². The number of carbonyl (C=O) groups is 1. The summed E-state index contributed by atoms with van der Waals surface area (Å²) >= 11 is 0. The highest BCUT2D eigenvalue weighted by Gasteiger charge is 2.21. The average molecular weight is 219 g/mol. The van der Waals surface area contributed by atoms with E-state index in [2.05, 4.69) is 9.88 Å². The maximum Gasteiger partial charge on any atom is 0.217 e. The van der Waals surface area contributed by atoms with Gasteiger partial charge in [-0.25, -0.2) is 4.98 Å². The van der Waals surface area contributed by atoms with Crippen molar-refractivity contribution in [3.05, 3.63) is 24.4 Å². The summed E-state index contributed by atoms with van der Waals surface area (Å²) in [5.74, 6) is 1.18. The molecule has 1 atom stereocenters. The van der Waals surface area contributed by atoms with Crippen molar-refractivity contribution in [3.63, 3.8) is 0 Å². The second-order valence-corrected chi connectivity index (χ2v) is 4.31. The Balaban J connectivity index is 1.99. The predicted molar refractivity (Wildman–Crippen MR) is 63.0 cm³/mol. The third kappa shape index (κ3) is 2.72. The molecule has 1 saturated heterocycles. The van der Waals surface area contributed by atoms with Gasteiger partial charge < -0.3 is 10.6 Å². The Morgan fingerprint density at radius 1 is 1.56 bits per heavy atom. The smallest absolute Gasteiger partial charge is 0.217 e. The van der Waals surface area contributed by atoms with E-state index in [1.807, 2.05) is 18.2 Å². The van der Waals surface area contributed by atoms with E-state index >= 15 is 0 Å². The molecule has 86 valence electrons. The molecule has 0 spiro atoms. The zero-order valence-corrected chi connectivity index (χ0v) is 9.30. The Kier molecular flexibility index (Phi) is 3.39. The Labute approximate surface area is 95.5 Å². The van der Waals surface area contributed by atoms with Gasteiger partial charge in [-0.05, 0) is 30.9 Å². The molecule has 2 N–H and O–H groups in total. The fourth-order valence-corrected chi connectivity index (χ4v) is 2.27. The quantitative estimate of drug-likeness (QED) is 0.830. The SMILES string of the molecule is NC(=O)CC1CCCN(c2ccccn2)C1. The van der Waals surface area contributed by atoms with E-state index in [1.165, 1.54) is 0 Å². The van der Waals surface area contributed by atoms with Crippen LogP contribution in [0.2, 0.25) is 0 Å². The van der Waals surface area contributed by atoms with Gasteiger partial charge >= 0.3 is 0 Å². The molecule has 0 bridgehead atoms. The van der Waals surface area contributed by atoms with Crippen LogP contribution in [0.25, 0.3) is 0 Å². The van der Waals surface area contributed by atoms with Gasteiger partial charge in [0.15, 0.2) is 0 Å². The molecule has 1 fully saturated rings. The minimum absolute atomic E-state index is 0.201. The molecule has 2 rings (SSSR count). The summed E-state index contributed by atoms with van der Waals surface area (Å²) in [6.45, 7) is 1.91. The van der Waals surface area contributed by atoms with Crippen molar-refractivity contribution in [1.82, 2.24) is 4.98 Å². The molecule has 0 radical (unpaired) electrons. The number of piperidine rings is 1. The number of nitrogens with zero attached hydrogens (tertiary/aromatic N) is 2. The lowest BCUT2D eigenvalue weighted by Gasteiger charge is -2.33. The van der Waals surface area contributed by atoms with Gasteiger partial charge in [0.25, 0.3) is 0 Å². The van der Waals surface area contributed by atoms with Crippen LogP contribution in [-0.4, -0.2) is 24.0 Å². The summed E-state index contributed by atoms with van der Waals surface area (Å²) in [6.07, 6.45) is 4.48. The first-order chi connectivity index (χ1) is 7.75. The van der Waals surface area contributed by atoms with Gasteiger partial charge in [-0.2, -0.15) is 0 Å². The monoisotopic (exact) mass is 219 g/mol. The maximum atomic E-state index is 10.9. The zero-order chi connectivity index (χ0) is 11.4. The molecule has 1 amide bonds. The fourth-order valence-electron chi connectivity index (χ4n) is 2.27. The third-order valence-corrected chi connectivity index (χ3v) is 2.98. The number of pyridine rings is 1.